The first-order chi connectivity index (χ1) is 7.61. The van der Waals surface area contributed by atoms with Crippen molar-refractivity contribution >= 4 is 11.8 Å². The van der Waals surface area contributed by atoms with E-state index in [0.29, 0.717) is 5.75 Å². The molecule has 0 aliphatic heterocycles. The Labute approximate surface area is 102 Å². The Morgan fingerprint density at radius 3 is 2.81 bits per heavy atom. The minimum Gasteiger partial charge on any atom is -0.507 e. The molecule has 90 valence electrons. The molecule has 0 bridgehead atoms. The van der Waals surface area contributed by atoms with E-state index in [1.807, 2.05) is 25.1 Å². The van der Waals surface area contributed by atoms with Crippen molar-refractivity contribution < 1.29 is 10.2 Å². The molecular formula is C13H20O2S. The minimum absolute atomic E-state index is 0.225. The Kier molecular flexibility index (Phi) is 5.71. The van der Waals surface area contributed by atoms with Crippen molar-refractivity contribution in [3.8, 4) is 5.75 Å². The Bertz CT molecular complexity index is 324. The molecule has 0 fully saturated rings. The van der Waals surface area contributed by atoms with Crippen LogP contribution in [-0.4, -0.2) is 27.8 Å². The topological polar surface area (TPSA) is 40.5 Å². The molecule has 0 saturated carbocycles. The molecule has 0 aliphatic carbocycles. The van der Waals surface area contributed by atoms with Gasteiger partial charge >= 0.3 is 0 Å². The number of rotatable bonds is 6. The molecule has 1 unspecified atom stereocenters. The SMILES string of the molecule is Cc1cccc(CCCSCC(C)O)c1O. The highest BCUT2D eigenvalue weighted by molar-refractivity contribution is 7.99. The average Bonchev–Trinajstić information content (AvgIpc) is 2.23. The zero-order chi connectivity index (χ0) is 12.0. The quantitative estimate of drug-likeness (QED) is 0.751. The third kappa shape index (κ3) is 4.45. The van der Waals surface area contributed by atoms with Gasteiger partial charge in [-0.1, -0.05) is 18.2 Å². The molecule has 1 aromatic rings. The molecule has 0 aliphatic rings. The van der Waals surface area contributed by atoms with E-state index in [1.165, 1.54) is 0 Å². The van der Waals surface area contributed by atoms with Gasteiger partial charge in [0.2, 0.25) is 0 Å². The van der Waals surface area contributed by atoms with E-state index >= 15 is 0 Å². The van der Waals surface area contributed by atoms with Crippen LogP contribution in [0, 0.1) is 6.92 Å². The molecule has 2 nitrogen and oxygen atoms in total. The lowest BCUT2D eigenvalue weighted by molar-refractivity contribution is 0.220. The van der Waals surface area contributed by atoms with Crippen LogP contribution in [0.15, 0.2) is 18.2 Å². The van der Waals surface area contributed by atoms with E-state index in [9.17, 15) is 5.11 Å². The van der Waals surface area contributed by atoms with Crippen molar-refractivity contribution in [3.05, 3.63) is 29.3 Å². The number of para-hydroxylation sites is 1. The largest absolute Gasteiger partial charge is 0.507 e. The first-order valence-electron chi connectivity index (χ1n) is 5.64. The van der Waals surface area contributed by atoms with Crippen LogP contribution in [0.1, 0.15) is 24.5 Å². The van der Waals surface area contributed by atoms with Gasteiger partial charge in [-0.25, -0.2) is 0 Å². The molecule has 1 atom stereocenters. The van der Waals surface area contributed by atoms with Gasteiger partial charge in [0.1, 0.15) is 5.75 Å². The molecule has 3 heteroatoms. The Hall–Kier alpha value is -0.670. The lowest BCUT2D eigenvalue weighted by Crippen LogP contribution is -2.03. The monoisotopic (exact) mass is 240 g/mol. The second-order valence-electron chi connectivity index (χ2n) is 4.11. The van der Waals surface area contributed by atoms with Crippen LogP contribution >= 0.6 is 11.8 Å². The number of benzene rings is 1. The normalized spacial score (nSPS) is 12.7. The van der Waals surface area contributed by atoms with E-state index < -0.39 is 0 Å². The van der Waals surface area contributed by atoms with E-state index in [2.05, 4.69) is 0 Å². The number of hydrogen-bond acceptors (Lipinski definition) is 3. The summed E-state index contributed by atoms with van der Waals surface area (Å²) >= 11 is 1.76. The third-order valence-corrected chi connectivity index (χ3v) is 3.71. The second-order valence-corrected chi connectivity index (χ2v) is 5.26. The van der Waals surface area contributed by atoms with Gasteiger partial charge in [0.05, 0.1) is 6.10 Å². The van der Waals surface area contributed by atoms with Gasteiger partial charge < -0.3 is 10.2 Å². The number of phenolic OH excluding ortho intramolecular Hbond substituents is 1. The van der Waals surface area contributed by atoms with E-state index in [0.717, 1.165) is 35.5 Å². The van der Waals surface area contributed by atoms with Crippen LogP contribution in [0.25, 0.3) is 0 Å². The van der Waals surface area contributed by atoms with E-state index in [1.54, 1.807) is 18.7 Å². The second kappa shape index (κ2) is 6.81. The van der Waals surface area contributed by atoms with Gasteiger partial charge in [-0.2, -0.15) is 11.8 Å². The molecule has 1 rings (SSSR count). The highest BCUT2D eigenvalue weighted by Crippen LogP contribution is 2.23. The van der Waals surface area contributed by atoms with Gasteiger partial charge in [0, 0.05) is 5.75 Å². The summed E-state index contributed by atoms with van der Waals surface area (Å²) in [4.78, 5) is 0. The van der Waals surface area contributed by atoms with Crippen molar-refractivity contribution in [1.29, 1.82) is 0 Å². The fourth-order valence-electron chi connectivity index (χ4n) is 1.54. The zero-order valence-electron chi connectivity index (χ0n) is 9.94. The Morgan fingerprint density at radius 2 is 2.12 bits per heavy atom. The summed E-state index contributed by atoms with van der Waals surface area (Å²) in [7, 11) is 0. The number of hydrogen-bond donors (Lipinski definition) is 2. The first-order valence-corrected chi connectivity index (χ1v) is 6.80. The molecule has 1 aromatic carbocycles. The van der Waals surface area contributed by atoms with Crippen LogP contribution in [0.2, 0.25) is 0 Å². The minimum atomic E-state index is -0.225. The van der Waals surface area contributed by atoms with Gasteiger partial charge in [-0.15, -0.1) is 0 Å². The molecule has 0 spiro atoms. The molecule has 2 N–H and O–H groups in total. The predicted octanol–water partition coefficient (Wildman–Crippen LogP) is 2.75. The maximum absolute atomic E-state index is 9.80. The smallest absolute Gasteiger partial charge is 0.121 e. The Balaban J connectivity index is 2.29. The van der Waals surface area contributed by atoms with Crippen molar-refractivity contribution in [1.82, 2.24) is 0 Å². The fourth-order valence-corrected chi connectivity index (χ4v) is 2.40. The Morgan fingerprint density at radius 1 is 1.38 bits per heavy atom. The fraction of sp³-hybridized carbons (Fsp3) is 0.538. The molecule has 0 saturated heterocycles. The summed E-state index contributed by atoms with van der Waals surface area (Å²) in [5, 5.41) is 18.9. The predicted molar refractivity (Wildman–Crippen MR) is 70.2 cm³/mol. The van der Waals surface area contributed by atoms with E-state index in [-0.39, 0.29) is 6.10 Å². The van der Waals surface area contributed by atoms with Crippen molar-refractivity contribution in [3.63, 3.8) is 0 Å². The van der Waals surface area contributed by atoms with Crippen LogP contribution in [-0.2, 0) is 6.42 Å². The third-order valence-electron chi connectivity index (χ3n) is 2.42. The van der Waals surface area contributed by atoms with Crippen molar-refractivity contribution in [2.75, 3.05) is 11.5 Å². The van der Waals surface area contributed by atoms with Crippen molar-refractivity contribution in [2.24, 2.45) is 0 Å². The molecule has 0 aromatic heterocycles. The number of aromatic hydroxyl groups is 1. The number of aliphatic hydroxyl groups is 1. The maximum atomic E-state index is 9.80. The zero-order valence-corrected chi connectivity index (χ0v) is 10.8. The van der Waals surface area contributed by atoms with Crippen LogP contribution in [0.4, 0.5) is 0 Å². The number of thioether (sulfide) groups is 1. The summed E-state index contributed by atoms with van der Waals surface area (Å²) in [6.45, 7) is 3.72. The van der Waals surface area contributed by atoms with Gasteiger partial charge in [-0.3, -0.25) is 0 Å². The summed E-state index contributed by atoms with van der Waals surface area (Å²) in [6, 6.07) is 5.87. The molecule has 0 amide bonds. The van der Waals surface area contributed by atoms with Gasteiger partial charge in [0.25, 0.3) is 0 Å². The number of aliphatic hydroxyl groups excluding tert-OH is 1. The van der Waals surface area contributed by atoms with Crippen LogP contribution in [0.3, 0.4) is 0 Å². The summed E-state index contributed by atoms with van der Waals surface area (Å²) < 4.78 is 0. The highest BCUT2D eigenvalue weighted by Gasteiger charge is 2.03. The maximum Gasteiger partial charge on any atom is 0.121 e. The molecule has 0 radical (unpaired) electrons. The summed E-state index contributed by atoms with van der Waals surface area (Å²) in [5.41, 5.74) is 1.96. The summed E-state index contributed by atoms with van der Waals surface area (Å²) in [6.07, 6.45) is 1.71. The van der Waals surface area contributed by atoms with Gasteiger partial charge in [-0.05, 0) is 43.6 Å². The number of aryl methyl sites for hydroxylation is 2. The standard InChI is InChI=1S/C13H20O2S/c1-10-5-3-6-12(13(10)15)7-4-8-16-9-11(2)14/h3,5-6,11,14-15H,4,7-9H2,1-2H3. The first kappa shape index (κ1) is 13.4. The summed E-state index contributed by atoms with van der Waals surface area (Å²) in [5.74, 6) is 2.25. The number of phenols is 1. The van der Waals surface area contributed by atoms with Gasteiger partial charge in [0.15, 0.2) is 0 Å². The average molecular weight is 240 g/mol. The lowest BCUT2D eigenvalue weighted by Gasteiger charge is -2.07. The van der Waals surface area contributed by atoms with Crippen molar-refractivity contribution in [2.45, 2.75) is 32.8 Å². The lowest BCUT2D eigenvalue weighted by atomic mass is 10.1. The highest BCUT2D eigenvalue weighted by atomic mass is 32.2. The molecular weight excluding hydrogens is 220 g/mol. The van der Waals surface area contributed by atoms with Crippen LogP contribution in [0.5, 0.6) is 5.75 Å². The van der Waals surface area contributed by atoms with E-state index in [4.69, 9.17) is 5.11 Å². The van der Waals surface area contributed by atoms with Crippen LogP contribution < -0.4 is 0 Å². The molecule has 0 heterocycles. The molecule has 16 heavy (non-hydrogen) atoms.